The quantitative estimate of drug-likeness (QED) is 0.453. The van der Waals surface area contributed by atoms with Crippen molar-refractivity contribution in [1.82, 2.24) is 5.32 Å². The monoisotopic (exact) mass is 218 g/mol. The van der Waals surface area contributed by atoms with Gasteiger partial charge >= 0.3 is 5.97 Å². The number of carboxylic acids is 1. The first-order chi connectivity index (χ1) is 6.84. The molecule has 0 rings (SSSR count). The molecule has 0 aliphatic heterocycles. The first kappa shape index (κ1) is 13.9. The van der Waals surface area contributed by atoms with Gasteiger partial charge in [-0.2, -0.15) is 0 Å². The van der Waals surface area contributed by atoms with E-state index in [4.69, 9.17) is 15.9 Å². The van der Waals surface area contributed by atoms with Gasteiger partial charge in [-0.25, -0.2) is 4.79 Å². The Morgan fingerprint density at radius 2 is 1.93 bits per heavy atom. The fraction of sp³-hybridized carbons (Fsp3) is 0.778. The summed E-state index contributed by atoms with van der Waals surface area (Å²) in [5.41, 5.74) is 5.54. The summed E-state index contributed by atoms with van der Waals surface area (Å²) in [6.45, 7) is 3.54. The van der Waals surface area contributed by atoms with Crippen LogP contribution in [0.15, 0.2) is 0 Å². The second kappa shape index (κ2) is 6.36. The largest absolute Gasteiger partial charge is 0.479 e. The van der Waals surface area contributed by atoms with Crippen LogP contribution in [0.4, 0.5) is 0 Å². The minimum absolute atomic E-state index is 0.287. The molecule has 0 aliphatic carbocycles. The Morgan fingerprint density at radius 1 is 1.40 bits per heavy atom. The van der Waals surface area contributed by atoms with Gasteiger partial charge in [-0.1, -0.05) is 13.8 Å². The molecule has 0 aromatic rings. The number of nitrogens with one attached hydrogen (secondary N) is 1. The van der Waals surface area contributed by atoms with Crippen molar-refractivity contribution < 1.29 is 19.8 Å². The molecule has 0 saturated carbocycles. The zero-order chi connectivity index (χ0) is 12.0. The number of carbonyl (C=O) groups excluding carboxylic acids is 1. The molecular weight excluding hydrogens is 200 g/mol. The van der Waals surface area contributed by atoms with Crippen molar-refractivity contribution in [3.8, 4) is 0 Å². The van der Waals surface area contributed by atoms with Crippen LogP contribution < -0.4 is 11.1 Å². The molecule has 6 heteroatoms. The van der Waals surface area contributed by atoms with Crippen LogP contribution in [-0.2, 0) is 9.59 Å². The van der Waals surface area contributed by atoms with Gasteiger partial charge in [-0.3, -0.25) is 4.79 Å². The van der Waals surface area contributed by atoms with E-state index in [1.165, 1.54) is 0 Å². The van der Waals surface area contributed by atoms with Crippen LogP contribution in [0, 0.1) is 5.92 Å². The Morgan fingerprint density at radius 3 is 2.33 bits per heavy atom. The molecule has 0 saturated heterocycles. The van der Waals surface area contributed by atoms with E-state index in [0.717, 1.165) is 0 Å². The Hall–Kier alpha value is -1.14. The van der Waals surface area contributed by atoms with E-state index in [1.54, 1.807) is 0 Å². The molecule has 15 heavy (non-hydrogen) atoms. The maximum Gasteiger partial charge on any atom is 0.334 e. The van der Waals surface area contributed by atoms with Gasteiger partial charge in [0.15, 0.2) is 6.10 Å². The third-order valence-electron chi connectivity index (χ3n) is 1.82. The molecule has 0 radical (unpaired) electrons. The Balaban J connectivity index is 3.88. The fourth-order valence-electron chi connectivity index (χ4n) is 1.03. The smallest absolute Gasteiger partial charge is 0.334 e. The topological polar surface area (TPSA) is 113 Å². The Labute approximate surface area is 88.5 Å². The van der Waals surface area contributed by atoms with Crippen molar-refractivity contribution in [2.75, 3.05) is 6.54 Å². The van der Waals surface area contributed by atoms with Gasteiger partial charge in [0.1, 0.15) is 0 Å². The maximum absolute atomic E-state index is 11.3. The zero-order valence-electron chi connectivity index (χ0n) is 8.93. The first-order valence-electron chi connectivity index (χ1n) is 4.78. The predicted molar refractivity (Wildman–Crippen MR) is 54.1 cm³/mol. The van der Waals surface area contributed by atoms with Crippen LogP contribution in [0.3, 0.4) is 0 Å². The number of aliphatic hydroxyl groups is 1. The molecule has 0 spiro atoms. The minimum atomic E-state index is -1.58. The summed E-state index contributed by atoms with van der Waals surface area (Å²) < 4.78 is 0. The van der Waals surface area contributed by atoms with E-state index in [1.807, 2.05) is 13.8 Å². The van der Waals surface area contributed by atoms with Crippen LogP contribution in [0.1, 0.15) is 20.3 Å². The number of carbonyl (C=O) groups is 2. The fourth-order valence-corrected chi connectivity index (χ4v) is 1.03. The first-order valence-corrected chi connectivity index (χ1v) is 4.78. The summed E-state index contributed by atoms with van der Waals surface area (Å²) >= 11 is 0. The Kier molecular flexibility index (Phi) is 5.88. The van der Waals surface area contributed by atoms with Crippen LogP contribution in [0.5, 0.6) is 0 Å². The van der Waals surface area contributed by atoms with E-state index in [0.29, 0.717) is 6.42 Å². The lowest BCUT2D eigenvalue weighted by molar-refractivity contribution is -0.146. The molecule has 0 aromatic carbocycles. The number of aliphatic carboxylic acids is 1. The predicted octanol–water partition coefficient (Wildman–Crippen LogP) is -1.08. The van der Waals surface area contributed by atoms with Crippen molar-refractivity contribution >= 4 is 11.9 Å². The molecule has 5 N–H and O–H groups in total. The van der Waals surface area contributed by atoms with E-state index < -0.39 is 24.0 Å². The zero-order valence-corrected chi connectivity index (χ0v) is 8.93. The summed E-state index contributed by atoms with van der Waals surface area (Å²) in [5, 5.41) is 19.5. The molecule has 0 fully saturated rings. The highest BCUT2D eigenvalue weighted by molar-refractivity contribution is 5.82. The molecule has 0 heterocycles. The number of carboxylic acid groups (broad SMARTS) is 1. The van der Waals surface area contributed by atoms with Crippen molar-refractivity contribution in [3.63, 3.8) is 0 Å². The standard InChI is InChI=1S/C9H18N2O4/c1-5(2)3-6(10)8(13)11-4-7(12)9(14)15/h5-7,12H,3-4,10H2,1-2H3,(H,11,13)(H,14,15). The van der Waals surface area contributed by atoms with Crippen molar-refractivity contribution in [3.05, 3.63) is 0 Å². The molecule has 1 amide bonds. The number of hydrogen-bond donors (Lipinski definition) is 4. The number of rotatable bonds is 6. The van der Waals surface area contributed by atoms with Gasteiger partial charge in [0, 0.05) is 0 Å². The molecule has 2 unspecified atom stereocenters. The summed E-state index contributed by atoms with van der Waals surface area (Å²) in [4.78, 5) is 21.5. The number of nitrogens with two attached hydrogens (primary N) is 1. The van der Waals surface area contributed by atoms with Crippen molar-refractivity contribution in [1.29, 1.82) is 0 Å². The van der Waals surface area contributed by atoms with Gasteiger partial charge < -0.3 is 21.3 Å². The van der Waals surface area contributed by atoms with E-state index in [9.17, 15) is 9.59 Å². The minimum Gasteiger partial charge on any atom is -0.479 e. The van der Waals surface area contributed by atoms with E-state index >= 15 is 0 Å². The SMILES string of the molecule is CC(C)CC(N)C(=O)NCC(O)C(=O)O. The molecular formula is C9H18N2O4. The molecule has 6 nitrogen and oxygen atoms in total. The van der Waals surface area contributed by atoms with Gasteiger partial charge in [-0.05, 0) is 12.3 Å². The van der Waals surface area contributed by atoms with Gasteiger partial charge in [0.2, 0.25) is 5.91 Å². The normalized spacial score (nSPS) is 14.7. The average Bonchev–Trinajstić information content (AvgIpc) is 2.12. The van der Waals surface area contributed by atoms with E-state index in [-0.39, 0.29) is 12.5 Å². The highest BCUT2D eigenvalue weighted by Crippen LogP contribution is 2.02. The summed E-state index contributed by atoms with van der Waals surface area (Å²) in [6.07, 6.45) is -1.06. The second-order valence-corrected chi connectivity index (χ2v) is 3.84. The number of amides is 1. The van der Waals surface area contributed by atoms with Crippen LogP contribution >= 0.6 is 0 Å². The molecule has 0 aliphatic rings. The van der Waals surface area contributed by atoms with E-state index in [2.05, 4.69) is 5.32 Å². The van der Waals surface area contributed by atoms with Gasteiger partial charge in [0.05, 0.1) is 12.6 Å². The molecule has 88 valence electrons. The van der Waals surface area contributed by atoms with Crippen LogP contribution in [-0.4, -0.2) is 40.8 Å². The van der Waals surface area contributed by atoms with Crippen molar-refractivity contribution in [2.24, 2.45) is 11.7 Å². The third kappa shape index (κ3) is 6.03. The van der Waals surface area contributed by atoms with Crippen LogP contribution in [0.2, 0.25) is 0 Å². The van der Waals surface area contributed by atoms with Crippen molar-refractivity contribution in [2.45, 2.75) is 32.4 Å². The lowest BCUT2D eigenvalue weighted by Gasteiger charge is -2.14. The lowest BCUT2D eigenvalue weighted by Crippen LogP contribution is -2.45. The van der Waals surface area contributed by atoms with Crippen LogP contribution in [0.25, 0.3) is 0 Å². The molecule has 2 atom stereocenters. The summed E-state index contributed by atoms with van der Waals surface area (Å²) in [6, 6.07) is -0.661. The lowest BCUT2D eigenvalue weighted by atomic mass is 10.0. The van der Waals surface area contributed by atoms with Gasteiger partial charge in [-0.15, -0.1) is 0 Å². The number of aliphatic hydroxyl groups excluding tert-OH is 1. The Bertz CT molecular complexity index is 230. The van der Waals surface area contributed by atoms with Gasteiger partial charge in [0.25, 0.3) is 0 Å². The summed E-state index contributed by atoms with van der Waals surface area (Å²) in [5.74, 6) is -1.52. The number of hydrogen-bond acceptors (Lipinski definition) is 4. The summed E-state index contributed by atoms with van der Waals surface area (Å²) in [7, 11) is 0. The highest BCUT2D eigenvalue weighted by atomic mass is 16.4. The highest BCUT2D eigenvalue weighted by Gasteiger charge is 2.18. The molecule has 0 bridgehead atoms. The maximum atomic E-state index is 11.3. The molecule has 0 aromatic heterocycles. The third-order valence-corrected chi connectivity index (χ3v) is 1.82. The second-order valence-electron chi connectivity index (χ2n) is 3.84. The average molecular weight is 218 g/mol.